The lowest BCUT2D eigenvalue weighted by atomic mass is 9.80. The van der Waals surface area contributed by atoms with E-state index >= 15 is 0 Å². The van der Waals surface area contributed by atoms with Crippen LogP contribution in [-0.2, 0) is 4.79 Å². The maximum Gasteiger partial charge on any atom is 0.305 e. The van der Waals surface area contributed by atoms with Gasteiger partial charge in [0, 0.05) is 0 Å². The van der Waals surface area contributed by atoms with E-state index < -0.39 is 11.5 Å². The Morgan fingerprint density at radius 3 is 2.83 bits per heavy atom. The van der Waals surface area contributed by atoms with Crippen LogP contribution in [0.3, 0.4) is 0 Å². The molecule has 1 aliphatic rings. The van der Waals surface area contributed by atoms with Gasteiger partial charge in [0.15, 0.2) is 0 Å². The minimum absolute atomic E-state index is 0.0188. The summed E-state index contributed by atoms with van der Waals surface area (Å²) in [5.41, 5.74) is 5.18. The van der Waals surface area contributed by atoms with Crippen molar-refractivity contribution in [3.8, 4) is 0 Å². The van der Waals surface area contributed by atoms with Crippen molar-refractivity contribution < 1.29 is 9.90 Å². The summed E-state index contributed by atoms with van der Waals surface area (Å²) in [4.78, 5) is 10.5. The Kier molecular flexibility index (Phi) is 2.33. The van der Waals surface area contributed by atoms with Gasteiger partial charge in [-0.15, -0.1) is 0 Å². The molecular weight excluding hydrogens is 154 g/mol. The first kappa shape index (κ1) is 9.00. The van der Waals surface area contributed by atoms with Gasteiger partial charge in [0.05, 0.1) is 12.0 Å². The Morgan fingerprint density at radius 2 is 2.33 bits per heavy atom. The van der Waals surface area contributed by atoms with Gasteiger partial charge in [-0.1, -0.05) is 31.2 Å². The molecule has 0 heterocycles. The Balaban J connectivity index is 2.76. The highest BCUT2D eigenvalue weighted by molar-refractivity contribution is 5.69. The first-order valence-corrected chi connectivity index (χ1v) is 3.91. The predicted octanol–water partition coefficient (Wildman–Crippen LogP) is 0.921. The second-order valence-corrected chi connectivity index (χ2v) is 3.22. The fraction of sp³-hybridized carbons (Fsp3) is 0.444. The zero-order chi connectivity index (χ0) is 9.19. The molecule has 0 aromatic heterocycles. The number of carboxylic acids is 1. The van der Waals surface area contributed by atoms with Crippen LogP contribution < -0.4 is 5.73 Å². The minimum atomic E-state index is -0.857. The summed E-state index contributed by atoms with van der Waals surface area (Å²) in [6, 6.07) is 0. The van der Waals surface area contributed by atoms with Gasteiger partial charge in [0.1, 0.15) is 0 Å². The fourth-order valence-corrected chi connectivity index (χ4v) is 1.28. The fourth-order valence-electron chi connectivity index (χ4n) is 1.28. The molecule has 1 rings (SSSR count). The second-order valence-electron chi connectivity index (χ2n) is 3.22. The van der Waals surface area contributed by atoms with Crippen molar-refractivity contribution in [2.24, 2.45) is 11.7 Å². The number of aliphatic carboxylic acids is 1. The molecule has 0 bridgehead atoms. The van der Waals surface area contributed by atoms with E-state index in [0.717, 1.165) is 0 Å². The van der Waals surface area contributed by atoms with Crippen LogP contribution in [0.4, 0.5) is 0 Å². The predicted molar refractivity (Wildman–Crippen MR) is 46.6 cm³/mol. The Morgan fingerprint density at radius 1 is 1.67 bits per heavy atom. The van der Waals surface area contributed by atoms with Gasteiger partial charge >= 0.3 is 5.97 Å². The number of carbonyl (C=O) groups is 1. The molecule has 0 aromatic carbocycles. The molecule has 2 unspecified atom stereocenters. The Bertz CT molecular complexity index is 245. The zero-order valence-corrected chi connectivity index (χ0v) is 7.03. The van der Waals surface area contributed by atoms with Gasteiger partial charge in [-0.05, 0) is 5.92 Å². The van der Waals surface area contributed by atoms with Crippen LogP contribution in [0.25, 0.3) is 0 Å². The topological polar surface area (TPSA) is 63.3 Å². The molecule has 3 heteroatoms. The molecule has 0 aromatic rings. The van der Waals surface area contributed by atoms with Gasteiger partial charge in [-0.25, -0.2) is 0 Å². The van der Waals surface area contributed by atoms with E-state index in [-0.39, 0.29) is 12.3 Å². The molecular formula is C9H13NO2. The van der Waals surface area contributed by atoms with Gasteiger partial charge < -0.3 is 10.8 Å². The van der Waals surface area contributed by atoms with Crippen LogP contribution in [0, 0.1) is 5.92 Å². The van der Waals surface area contributed by atoms with Crippen LogP contribution in [0.5, 0.6) is 0 Å². The second kappa shape index (κ2) is 3.11. The third-order valence-corrected chi connectivity index (χ3v) is 2.22. The molecule has 3 nitrogen and oxygen atoms in total. The molecule has 12 heavy (non-hydrogen) atoms. The monoisotopic (exact) mass is 167 g/mol. The van der Waals surface area contributed by atoms with Gasteiger partial charge in [0.2, 0.25) is 0 Å². The summed E-state index contributed by atoms with van der Waals surface area (Å²) in [7, 11) is 0. The highest BCUT2D eigenvalue weighted by Gasteiger charge is 2.31. The zero-order valence-electron chi connectivity index (χ0n) is 7.03. The summed E-state index contributed by atoms with van der Waals surface area (Å²) >= 11 is 0. The van der Waals surface area contributed by atoms with Crippen molar-refractivity contribution in [1.82, 2.24) is 0 Å². The molecule has 0 saturated heterocycles. The average molecular weight is 167 g/mol. The molecule has 0 spiro atoms. The summed E-state index contributed by atoms with van der Waals surface area (Å²) in [6.45, 7) is 1.92. The third-order valence-electron chi connectivity index (χ3n) is 2.22. The van der Waals surface area contributed by atoms with Crippen LogP contribution in [0.15, 0.2) is 24.3 Å². The van der Waals surface area contributed by atoms with E-state index in [1.165, 1.54) is 0 Å². The highest BCUT2D eigenvalue weighted by atomic mass is 16.4. The Labute approximate surface area is 71.6 Å². The quantitative estimate of drug-likeness (QED) is 0.642. The number of hydrogen-bond donors (Lipinski definition) is 2. The first-order valence-electron chi connectivity index (χ1n) is 3.91. The van der Waals surface area contributed by atoms with Crippen LogP contribution in [0.2, 0.25) is 0 Å². The molecule has 0 radical (unpaired) electrons. The van der Waals surface area contributed by atoms with Crippen LogP contribution >= 0.6 is 0 Å². The van der Waals surface area contributed by atoms with Crippen molar-refractivity contribution in [2.45, 2.75) is 18.9 Å². The largest absolute Gasteiger partial charge is 0.481 e. The maximum absolute atomic E-state index is 10.5. The number of carboxylic acid groups (broad SMARTS) is 1. The molecule has 66 valence electrons. The summed E-state index contributed by atoms with van der Waals surface area (Å²) in [5.74, 6) is -0.775. The highest BCUT2D eigenvalue weighted by Crippen LogP contribution is 2.24. The summed E-state index contributed by atoms with van der Waals surface area (Å²) in [6.07, 6.45) is 7.34. The smallest absolute Gasteiger partial charge is 0.305 e. The number of rotatable bonds is 2. The molecule has 0 fully saturated rings. The van der Waals surface area contributed by atoms with Crippen molar-refractivity contribution >= 4 is 5.97 Å². The molecule has 0 amide bonds. The lowest BCUT2D eigenvalue weighted by Crippen LogP contribution is -2.46. The summed E-state index contributed by atoms with van der Waals surface area (Å²) < 4.78 is 0. The van der Waals surface area contributed by atoms with Crippen LogP contribution in [-0.4, -0.2) is 16.6 Å². The van der Waals surface area contributed by atoms with E-state index in [1.807, 2.05) is 19.1 Å². The molecule has 2 atom stereocenters. The van der Waals surface area contributed by atoms with Crippen molar-refractivity contribution in [2.75, 3.05) is 0 Å². The molecule has 1 aliphatic carbocycles. The standard InChI is InChI=1S/C9H13NO2/c1-7-4-2-3-5-9(7,10)6-8(11)12/h2-5,7H,6,10H2,1H3,(H,11,12). The minimum Gasteiger partial charge on any atom is -0.481 e. The van der Waals surface area contributed by atoms with Crippen molar-refractivity contribution in [1.29, 1.82) is 0 Å². The number of allylic oxidation sites excluding steroid dienone is 2. The molecule has 3 N–H and O–H groups in total. The lowest BCUT2D eigenvalue weighted by molar-refractivity contribution is -0.138. The first-order chi connectivity index (χ1) is 5.54. The third kappa shape index (κ3) is 1.74. The SMILES string of the molecule is CC1C=CC=CC1(N)CC(=O)O. The van der Waals surface area contributed by atoms with Crippen molar-refractivity contribution in [3.05, 3.63) is 24.3 Å². The van der Waals surface area contributed by atoms with E-state index in [2.05, 4.69) is 0 Å². The van der Waals surface area contributed by atoms with Gasteiger partial charge in [-0.2, -0.15) is 0 Å². The van der Waals surface area contributed by atoms with E-state index in [4.69, 9.17) is 10.8 Å². The average Bonchev–Trinajstić information content (AvgIpc) is 1.94. The normalized spacial score (nSPS) is 33.7. The van der Waals surface area contributed by atoms with E-state index in [1.54, 1.807) is 12.2 Å². The molecule has 0 saturated carbocycles. The van der Waals surface area contributed by atoms with Gasteiger partial charge in [-0.3, -0.25) is 4.79 Å². The number of nitrogens with two attached hydrogens (primary N) is 1. The van der Waals surface area contributed by atoms with E-state index in [0.29, 0.717) is 0 Å². The number of hydrogen-bond acceptors (Lipinski definition) is 2. The summed E-state index contributed by atoms with van der Waals surface area (Å²) in [5, 5.41) is 8.61. The van der Waals surface area contributed by atoms with Crippen molar-refractivity contribution in [3.63, 3.8) is 0 Å². The van der Waals surface area contributed by atoms with Crippen LogP contribution in [0.1, 0.15) is 13.3 Å². The lowest BCUT2D eigenvalue weighted by Gasteiger charge is -2.30. The molecule has 0 aliphatic heterocycles. The van der Waals surface area contributed by atoms with E-state index in [9.17, 15) is 4.79 Å². The Hall–Kier alpha value is -1.09. The van der Waals surface area contributed by atoms with Gasteiger partial charge in [0.25, 0.3) is 0 Å². The maximum atomic E-state index is 10.5.